The Morgan fingerprint density at radius 1 is 1.33 bits per heavy atom. The molecule has 3 heterocycles. The zero-order valence-corrected chi connectivity index (χ0v) is 15.3. The van der Waals surface area contributed by atoms with E-state index in [-0.39, 0.29) is 11.9 Å². The van der Waals surface area contributed by atoms with Gasteiger partial charge in [-0.15, -0.1) is 22.7 Å². The molecule has 0 saturated carbocycles. The summed E-state index contributed by atoms with van der Waals surface area (Å²) >= 11 is 3.12. The molecule has 2 aromatic rings. The third-order valence-electron chi connectivity index (χ3n) is 4.16. The lowest BCUT2D eigenvalue weighted by Gasteiger charge is -2.32. The molecular formula is C17H20N2O3S2. The first kappa shape index (κ1) is 17.1. The van der Waals surface area contributed by atoms with Crippen molar-refractivity contribution in [2.24, 2.45) is 0 Å². The van der Waals surface area contributed by atoms with Gasteiger partial charge in [0, 0.05) is 17.5 Å². The van der Waals surface area contributed by atoms with E-state index in [2.05, 4.69) is 28.6 Å². The van der Waals surface area contributed by atoms with E-state index in [0.717, 1.165) is 13.0 Å². The van der Waals surface area contributed by atoms with Crippen molar-refractivity contribution in [3.63, 3.8) is 0 Å². The topological polar surface area (TPSA) is 58.6 Å². The number of nitrogens with zero attached hydrogens (tertiary/aromatic N) is 1. The molecule has 1 atom stereocenters. The number of carbonyl (C=O) groups is 2. The molecule has 0 spiro atoms. The minimum absolute atomic E-state index is 0.103. The third kappa shape index (κ3) is 3.53. The summed E-state index contributed by atoms with van der Waals surface area (Å²) in [6.07, 6.45) is 0.984. The number of esters is 1. The van der Waals surface area contributed by atoms with Crippen LogP contribution in [0.1, 0.15) is 40.7 Å². The predicted molar refractivity (Wildman–Crippen MR) is 96.9 cm³/mol. The number of hydrogen-bond acceptors (Lipinski definition) is 6. The fourth-order valence-electron chi connectivity index (χ4n) is 2.90. The first-order valence-corrected chi connectivity index (χ1v) is 9.70. The number of carbonyl (C=O) groups excluding carboxylic acids is 2. The maximum absolute atomic E-state index is 12.4. The van der Waals surface area contributed by atoms with Crippen LogP contribution in [-0.4, -0.2) is 36.5 Å². The van der Waals surface area contributed by atoms with Crippen molar-refractivity contribution in [1.82, 2.24) is 4.90 Å². The van der Waals surface area contributed by atoms with Crippen molar-refractivity contribution >= 4 is 39.6 Å². The molecule has 1 N–H and O–H groups in total. The second-order valence-corrected chi connectivity index (χ2v) is 7.54. The van der Waals surface area contributed by atoms with Gasteiger partial charge < -0.3 is 10.1 Å². The molecule has 24 heavy (non-hydrogen) atoms. The van der Waals surface area contributed by atoms with Gasteiger partial charge in [-0.05, 0) is 48.7 Å². The van der Waals surface area contributed by atoms with Gasteiger partial charge in [-0.2, -0.15) is 0 Å². The zero-order chi connectivity index (χ0) is 17.1. The smallest absolute Gasteiger partial charge is 0.341 e. The van der Waals surface area contributed by atoms with Crippen molar-refractivity contribution in [3.8, 4) is 0 Å². The summed E-state index contributed by atoms with van der Waals surface area (Å²) in [4.78, 5) is 27.9. The lowest BCUT2D eigenvalue weighted by molar-refractivity contribution is -0.117. The summed E-state index contributed by atoms with van der Waals surface area (Å²) in [6, 6.07) is 4.06. The van der Waals surface area contributed by atoms with Gasteiger partial charge in [-0.1, -0.05) is 0 Å². The van der Waals surface area contributed by atoms with Crippen LogP contribution in [0.3, 0.4) is 0 Å². The van der Waals surface area contributed by atoms with E-state index < -0.39 is 5.97 Å². The van der Waals surface area contributed by atoms with Crippen molar-refractivity contribution < 1.29 is 14.3 Å². The standard InChI is InChI=1S/C17H20N2O3S2/c1-3-22-17(21)13-6-9-24-16(13)18-15(20)10-19-7-4-14-12(11(19)2)5-8-23-14/h5-6,8-9,11H,3-4,7,10H2,1-2H3,(H,18,20). The zero-order valence-electron chi connectivity index (χ0n) is 13.7. The highest BCUT2D eigenvalue weighted by atomic mass is 32.1. The SMILES string of the molecule is CCOC(=O)c1ccsc1NC(=O)CN1CCc2sccc2C1C. The molecule has 0 bridgehead atoms. The van der Waals surface area contributed by atoms with Gasteiger partial charge in [0.2, 0.25) is 5.91 Å². The Morgan fingerprint density at radius 3 is 2.92 bits per heavy atom. The van der Waals surface area contributed by atoms with Crippen LogP contribution in [0.5, 0.6) is 0 Å². The van der Waals surface area contributed by atoms with Gasteiger partial charge in [-0.25, -0.2) is 4.79 Å². The summed E-state index contributed by atoms with van der Waals surface area (Å²) in [7, 11) is 0. The highest BCUT2D eigenvalue weighted by Gasteiger charge is 2.26. The van der Waals surface area contributed by atoms with E-state index >= 15 is 0 Å². The molecule has 1 aliphatic rings. The van der Waals surface area contributed by atoms with Crippen LogP contribution < -0.4 is 5.32 Å². The van der Waals surface area contributed by atoms with Crippen molar-refractivity contribution in [2.75, 3.05) is 25.0 Å². The van der Waals surface area contributed by atoms with Crippen LogP contribution in [0.4, 0.5) is 5.00 Å². The Labute approximate surface area is 149 Å². The van der Waals surface area contributed by atoms with Crippen LogP contribution in [0.25, 0.3) is 0 Å². The number of amides is 1. The Kier molecular flexibility index (Phi) is 5.33. The van der Waals surface area contributed by atoms with E-state index in [0.29, 0.717) is 23.7 Å². The first-order valence-electron chi connectivity index (χ1n) is 7.95. The van der Waals surface area contributed by atoms with E-state index in [9.17, 15) is 9.59 Å². The van der Waals surface area contributed by atoms with Crippen LogP contribution >= 0.6 is 22.7 Å². The Morgan fingerprint density at radius 2 is 2.12 bits per heavy atom. The largest absolute Gasteiger partial charge is 0.462 e. The molecule has 7 heteroatoms. The quantitative estimate of drug-likeness (QED) is 0.825. The Balaban J connectivity index is 1.63. The maximum Gasteiger partial charge on any atom is 0.341 e. The lowest BCUT2D eigenvalue weighted by Crippen LogP contribution is -2.39. The molecular weight excluding hydrogens is 344 g/mol. The second-order valence-electron chi connectivity index (χ2n) is 5.63. The van der Waals surface area contributed by atoms with Gasteiger partial charge in [0.1, 0.15) is 5.00 Å². The Hall–Kier alpha value is -1.70. The molecule has 2 aromatic heterocycles. The highest BCUT2D eigenvalue weighted by molar-refractivity contribution is 7.14. The lowest BCUT2D eigenvalue weighted by atomic mass is 10.0. The summed E-state index contributed by atoms with van der Waals surface area (Å²) in [5, 5.41) is 7.30. The number of hydrogen-bond donors (Lipinski definition) is 1. The summed E-state index contributed by atoms with van der Waals surface area (Å²) in [5.41, 5.74) is 1.74. The Bertz CT molecular complexity index is 738. The summed E-state index contributed by atoms with van der Waals surface area (Å²) in [6.45, 7) is 5.40. The molecule has 5 nitrogen and oxygen atoms in total. The van der Waals surface area contributed by atoms with E-state index in [1.807, 2.05) is 0 Å². The van der Waals surface area contributed by atoms with Gasteiger partial charge >= 0.3 is 5.97 Å². The molecule has 3 rings (SSSR count). The van der Waals surface area contributed by atoms with Crippen molar-refractivity contribution in [2.45, 2.75) is 26.3 Å². The molecule has 1 amide bonds. The van der Waals surface area contributed by atoms with Gasteiger partial charge in [0.25, 0.3) is 0 Å². The van der Waals surface area contributed by atoms with Crippen LogP contribution in [-0.2, 0) is 16.0 Å². The van der Waals surface area contributed by atoms with Crippen molar-refractivity contribution in [3.05, 3.63) is 38.9 Å². The molecule has 0 aromatic carbocycles. The van der Waals surface area contributed by atoms with Gasteiger partial charge in [-0.3, -0.25) is 9.69 Å². The number of thiophene rings is 2. The van der Waals surface area contributed by atoms with E-state index in [1.54, 1.807) is 29.7 Å². The van der Waals surface area contributed by atoms with E-state index in [1.165, 1.54) is 21.8 Å². The van der Waals surface area contributed by atoms with Crippen LogP contribution in [0.15, 0.2) is 22.9 Å². The molecule has 128 valence electrons. The monoisotopic (exact) mass is 364 g/mol. The number of anilines is 1. The molecule has 1 unspecified atom stereocenters. The molecule has 1 aliphatic heterocycles. The molecule has 0 radical (unpaired) electrons. The minimum Gasteiger partial charge on any atom is -0.462 e. The third-order valence-corrected chi connectivity index (χ3v) is 5.99. The van der Waals surface area contributed by atoms with Gasteiger partial charge in [0.05, 0.1) is 18.7 Å². The van der Waals surface area contributed by atoms with Crippen molar-refractivity contribution in [1.29, 1.82) is 0 Å². The normalized spacial score (nSPS) is 17.3. The van der Waals surface area contributed by atoms with Crippen LogP contribution in [0, 0.1) is 0 Å². The predicted octanol–water partition coefficient (Wildman–Crippen LogP) is 3.54. The van der Waals surface area contributed by atoms with E-state index in [4.69, 9.17) is 4.74 Å². The summed E-state index contributed by atoms with van der Waals surface area (Å²) < 4.78 is 5.01. The minimum atomic E-state index is -0.400. The fourth-order valence-corrected chi connectivity index (χ4v) is 4.66. The number of fused-ring (bicyclic) bond motifs is 1. The maximum atomic E-state index is 12.4. The molecule has 0 aliphatic carbocycles. The average molecular weight is 364 g/mol. The van der Waals surface area contributed by atoms with Gasteiger partial charge in [0.15, 0.2) is 0 Å². The van der Waals surface area contributed by atoms with Crippen LogP contribution in [0.2, 0.25) is 0 Å². The second kappa shape index (κ2) is 7.46. The number of rotatable bonds is 5. The fraction of sp³-hybridized carbons (Fsp3) is 0.412. The highest BCUT2D eigenvalue weighted by Crippen LogP contribution is 2.32. The number of nitrogens with one attached hydrogen (secondary N) is 1. The molecule has 0 fully saturated rings. The number of ether oxygens (including phenoxy) is 1. The molecule has 0 saturated heterocycles. The first-order chi connectivity index (χ1) is 11.6. The summed E-state index contributed by atoms with van der Waals surface area (Å²) in [5.74, 6) is -0.503. The average Bonchev–Trinajstić information content (AvgIpc) is 3.19.